The summed E-state index contributed by atoms with van der Waals surface area (Å²) >= 11 is 0. The zero-order valence-corrected chi connectivity index (χ0v) is 14.2. The molecule has 0 radical (unpaired) electrons. The van der Waals surface area contributed by atoms with Gasteiger partial charge in [0.1, 0.15) is 17.3 Å². The van der Waals surface area contributed by atoms with Gasteiger partial charge in [-0.15, -0.1) is 0 Å². The number of anilines is 4. The molecule has 0 atom stereocenters. The van der Waals surface area contributed by atoms with Crippen LogP contribution in [0.3, 0.4) is 0 Å². The van der Waals surface area contributed by atoms with Crippen LogP contribution in [0, 0.1) is 0 Å². The number of nitrogens with one attached hydrogen (secondary N) is 2. The minimum Gasteiger partial charge on any atom is -0.495 e. The van der Waals surface area contributed by atoms with Crippen LogP contribution < -0.4 is 20.1 Å². The van der Waals surface area contributed by atoms with Crippen LogP contribution >= 0.6 is 0 Å². The third-order valence-electron chi connectivity index (χ3n) is 3.46. The predicted octanol–water partition coefficient (Wildman–Crippen LogP) is 4.37. The summed E-state index contributed by atoms with van der Waals surface area (Å²) in [5.74, 6) is 2.65. The lowest BCUT2D eigenvalue weighted by Crippen LogP contribution is -2.02. The van der Waals surface area contributed by atoms with E-state index in [1.807, 2.05) is 55.5 Å². The first-order valence-electron chi connectivity index (χ1n) is 8.02. The lowest BCUT2D eigenvalue weighted by atomic mass is 10.3. The number of rotatable bonds is 7. The van der Waals surface area contributed by atoms with Crippen molar-refractivity contribution in [2.75, 3.05) is 24.4 Å². The predicted molar refractivity (Wildman–Crippen MR) is 99.2 cm³/mol. The molecule has 0 saturated heterocycles. The normalized spacial score (nSPS) is 10.2. The molecule has 6 nitrogen and oxygen atoms in total. The number of methoxy groups -OCH3 is 1. The average molecular weight is 336 g/mol. The Morgan fingerprint density at radius 1 is 0.880 bits per heavy atom. The highest BCUT2D eigenvalue weighted by Gasteiger charge is 2.07. The molecule has 2 aromatic carbocycles. The van der Waals surface area contributed by atoms with Crippen LogP contribution in [0.2, 0.25) is 0 Å². The Bertz CT molecular complexity index is 839. The second-order valence-corrected chi connectivity index (χ2v) is 5.14. The number of hydrogen-bond acceptors (Lipinski definition) is 6. The Hall–Kier alpha value is -3.28. The Labute approximate surface area is 146 Å². The van der Waals surface area contributed by atoms with E-state index >= 15 is 0 Å². The maximum atomic E-state index is 5.63. The molecule has 3 aromatic rings. The van der Waals surface area contributed by atoms with E-state index in [0.29, 0.717) is 18.4 Å². The molecular formula is C19H20N4O2. The molecule has 0 saturated carbocycles. The first-order chi connectivity index (χ1) is 12.3. The Kier molecular flexibility index (Phi) is 5.31. The van der Waals surface area contributed by atoms with Crippen molar-refractivity contribution in [2.45, 2.75) is 6.92 Å². The quantitative estimate of drug-likeness (QED) is 0.668. The zero-order valence-electron chi connectivity index (χ0n) is 14.2. The molecule has 0 unspecified atom stereocenters. The highest BCUT2D eigenvalue weighted by molar-refractivity contribution is 5.66. The monoisotopic (exact) mass is 336 g/mol. The van der Waals surface area contributed by atoms with Crippen molar-refractivity contribution in [3.05, 3.63) is 60.8 Å². The van der Waals surface area contributed by atoms with Crippen molar-refractivity contribution in [3.63, 3.8) is 0 Å². The molecular weight excluding hydrogens is 316 g/mol. The van der Waals surface area contributed by atoms with Gasteiger partial charge in [0, 0.05) is 6.20 Å². The molecule has 0 aliphatic carbocycles. The van der Waals surface area contributed by atoms with Gasteiger partial charge in [-0.05, 0) is 37.3 Å². The fourth-order valence-electron chi connectivity index (χ4n) is 2.35. The summed E-state index contributed by atoms with van der Waals surface area (Å²) < 4.78 is 11.0. The summed E-state index contributed by atoms with van der Waals surface area (Å²) in [7, 11) is 1.63. The van der Waals surface area contributed by atoms with Crippen LogP contribution in [0.1, 0.15) is 6.92 Å². The molecule has 3 rings (SSSR count). The van der Waals surface area contributed by atoms with Gasteiger partial charge >= 0.3 is 0 Å². The highest BCUT2D eigenvalue weighted by Crippen LogP contribution is 2.28. The Morgan fingerprint density at radius 2 is 1.56 bits per heavy atom. The van der Waals surface area contributed by atoms with Gasteiger partial charge in [0.25, 0.3) is 0 Å². The lowest BCUT2D eigenvalue weighted by molar-refractivity contribution is 0.342. The number of benzene rings is 2. The molecule has 0 fully saturated rings. The largest absolute Gasteiger partial charge is 0.495 e. The third kappa shape index (κ3) is 4.17. The van der Waals surface area contributed by atoms with Crippen molar-refractivity contribution in [1.82, 2.24) is 9.97 Å². The van der Waals surface area contributed by atoms with Crippen molar-refractivity contribution in [3.8, 4) is 11.5 Å². The van der Waals surface area contributed by atoms with Gasteiger partial charge in [-0.2, -0.15) is 4.98 Å². The average Bonchev–Trinajstić information content (AvgIpc) is 2.64. The summed E-state index contributed by atoms with van der Waals surface area (Å²) in [5, 5.41) is 6.44. The van der Waals surface area contributed by atoms with E-state index in [1.165, 1.54) is 0 Å². The first kappa shape index (κ1) is 16.6. The third-order valence-corrected chi connectivity index (χ3v) is 3.46. The minimum atomic E-state index is 0.475. The SMILES string of the molecule is CCOc1ccccc1Nc1ccnc(Nc2ccccc2OC)n1. The van der Waals surface area contributed by atoms with E-state index in [4.69, 9.17) is 9.47 Å². The van der Waals surface area contributed by atoms with Gasteiger partial charge in [0.15, 0.2) is 0 Å². The molecule has 0 bridgehead atoms. The van der Waals surface area contributed by atoms with Crippen LogP contribution in [-0.4, -0.2) is 23.7 Å². The number of aromatic nitrogens is 2. The van der Waals surface area contributed by atoms with Crippen molar-refractivity contribution in [1.29, 1.82) is 0 Å². The maximum absolute atomic E-state index is 5.63. The summed E-state index contributed by atoms with van der Waals surface area (Å²) in [6.07, 6.45) is 1.69. The van der Waals surface area contributed by atoms with Gasteiger partial charge in [0.05, 0.1) is 25.1 Å². The number of hydrogen-bond donors (Lipinski definition) is 2. The van der Waals surface area contributed by atoms with E-state index in [2.05, 4.69) is 20.6 Å². The van der Waals surface area contributed by atoms with Crippen molar-refractivity contribution < 1.29 is 9.47 Å². The number of ether oxygens (including phenoxy) is 2. The van der Waals surface area contributed by atoms with Crippen LogP contribution in [0.5, 0.6) is 11.5 Å². The molecule has 0 spiro atoms. The molecule has 2 N–H and O–H groups in total. The summed E-state index contributed by atoms with van der Waals surface area (Å²) in [5.41, 5.74) is 1.66. The van der Waals surface area contributed by atoms with Crippen LogP contribution in [-0.2, 0) is 0 Å². The van der Waals surface area contributed by atoms with Crippen molar-refractivity contribution in [2.24, 2.45) is 0 Å². The van der Waals surface area contributed by atoms with Gasteiger partial charge in [0.2, 0.25) is 5.95 Å². The summed E-state index contributed by atoms with van der Waals surface area (Å²) in [6.45, 7) is 2.56. The topological polar surface area (TPSA) is 68.3 Å². The number of nitrogens with zero attached hydrogens (tertiary/aromatic N) is 2. The second-order valence-electron chi connectivity index (χ2n) is 5.14. The standard InChI is InChI=1S/C19H20N4O2/c1-3-25-17-11-7-5-9-15(17)21-18-12-13-20-19(23-18)22-14-8-4-6-10-16(14)24-2/h4-13H,3H2,1-2H3,(H2,20,21,22,23). The zero-order chi connectivity index (χ0) is 17.5. The molecule has 1 aromatic heterocycles. The molecule has 25 heavy (non-hydrogen) atoms. The highest BCUT2D eigenvalue weighted by atomic mass is 16.5. The lowest BCUT2D eigenvalue weighted by Gasteiger charge is -2.13. The molecule has 0 aliphatic heterocycles. The fraction of sp³-hybridized carbons (Fsp3) is 0.158. The van der Waals surface area contributed by atoms with E-state index in [-0.39, 0.29) is 0 Å². The Balaban J connectivity index is 1.80. The van der Waals surface area contributed by atoms with Crippen LogP contribution in [0.4, 0.5) is 23.1 Å². The molecule has 128 valence electrons. The Morgan fingerprint density at radius 3 is 2.28 bits per heavy atom. The van der Waals surface area contributed by atoms with E-state index in [0.717, 1.165) is 22.9 Å². The van der Waals surface area contributed by atoms with Gasteiger partial charge in [-0.3, -0.25) is 0 Å². The fourth-order valence-corrected chi connectivity index (χ4v) is 2.35. The molecule has 1 heterocycles. The maximum Gasteiger partial charge on any atom is 0.229 e. The summed E-state index contributed by atoms with van der Waals surface area (Å²) in [4.78, 5) is 8.76. The summed E-state index contributed by atoms with van der Waals surface area (Å²) in [6, 6.07) is 17.2. The van der Waals surface area contributed by atoms with Gasteiger partial charge in [-0.25, -0.2) is 4.98 Å². The molecule has 0 amide bonds. The molecule has 6 heteroatoms. The van der Waals surface area contributed by atoms with Gasteiger partial charge < -0.3 is 20.1 Å². The first-order valence-corrected chi connectivity index (χ1v) is 8.02. The van der Waals surface area contributed by atoms with Crippen molar-refractivity contribution >= 4 is 23.1 Å². The van der Waals surface area contributed by atoms with E-state index in [9.17, 15) is 0 Å². The van der Waals surface area contributed by atoms with Crippen LogP contribution in [0.15, 0.2) is 60.8 Å². The van der Waals surface area contributed by atoms with Gasteiger partial charge in [-0.1, -0.05) is 24.3 Å². The number of para-hydroxylation sites is 4. The second kappa shape index (κ2) is 8.01. The van der Waals surface area contributed by atoms with E-state index < -0.39 is 0 Å². The van der Waals surface area contributed by atoms with E-state index in [1.54, 1.807) is 19.4 Å². The van der Waals surface area contributed by atoms with Crippen LogP contribution in [0.25, 0.3) is 0 Å². The smallest absolute Gasteiger partial charge is 0.229 e. The minimum absolute atomic E-state index is 0.475. The molecule has 0 aliphatic rings.